The van der Waals surface area contributed by atoms with Crippen molar-refractivity contribution in [2.24, 2.45) is 27.2 Å². The second-order valence-electron chi connectivity index (χ2n) is 5.49. The second-order valence-corrected chi connectivity index (χ2v) is 5.49. The molecule has 0 heterocycles. The van der Waals surface area contributed by atoms with E-state index in [1.807, 2.05) is 0 Å². The van der Waals surface area contributed by atoms with Gasteiger partial charge in [-0.3, -0.25) is 0 Å². The molecule has 8 heteroatoms. The van der Waals surface area contributed by atoms with Crippen LogP contribution in [-0.4, -0.2) is 24.0 Å². The molecule has 1 fully saturated rings. The molecule has 1 aromatic carbocycles. The Balaban J connectivity index is 1.89. The van der Waals surface area contributed by atoms with Crippen LogP contribution in [0, 0.1) is 0 Å². The van der Waals surface area contributed by atoms with Crippen molar-refractivity contribution in [3.63, 3.8) is 0 Å². The smallest absolute Gasteiger partial charge is 0.319 e. The normalized spacial score (nSPS) is 15.7. The van der Waals surface area contributed by atoms with Crippen LogP contribution < -0.4 is 27.8 Å². The molecule has 8 nitrogen and oxygen atoms in total. The topological polar surface area (TPSA) is 144 Å². The standard InChI is InChI=1S/C15H23N7O/c16-13(17)22-14(18)19-11-6-8-12(9-7-11)21-15(23)20-10-4-2-1-3-5-10/h6-10H,1-5H2,(H2,20,21,23)(H6,16,17,18,19,22). The summed E-state index contributed by atoms with van der Waals surface area (Å²) in [5.41, 5.74) is 17.2. The van der Waals surface area contributed by atoms with Gasteiger partial charge in [-0.2, -0.15) is 4.99 Å². The number of benzene rings is 1. The van der Waals surface area contributed by atoms with Crippen molar-refractivity contribution in [1.29, 1.82) is 0 Å². The number of anilines is 1. The maximum absolute atomic E-state index is 11.9. The van der Waals surface area contributed by atoms with Gasteiger partial charge in [-0.15, -0.1) is 0 Å². The van der Waals surface area contributed by atoms with Crippen molar-refractivity contribution in [2.75, 3.05) is 5.32 Å². The van der Waals surface area contributed by atoms with Crippen LogP contribution >= 0.6 is 0 Å². The van der Waals surface area contributed by atoms with Crippen molar-refractivity contribution < 1.29 is 4.79 Å². The molecule has 124 valence electrons. The summed E-state index contributed by atoms with van der Waals surface area (Å²) in [6, 6.07) is 6.99. The van der Waals surface area contributed by atoms with Gasteiger partial charge in [-0.05, 0) is 37.1 Å². The number of hydrogen-bond donors (Lipinski definition) is 5. The van der Waals surface area contributed by atoms with Crippen LogP contribution in [0.5, 0.6) is 0 Å². The molecule has 0 bridgehead atoms. The van der Waals surface area contributed by atoms with E-state index >= 15 is 0 Å². The minimum atomic E-state index is -0.187. The van der Waals surface area contributed by atoms with Crippen molar-refractivity contribution in [3.05, 3.63) is 24.3 Å². The molecule has 1 aromatic rings. The van der Waals surface area contributed by atoms with Gasteiger partial charge in [0.05, 0.1) is 5.69 Å². The van der Waals surface area contributed by atoms with Crippen LogP contribution in [0.3, 0.4) is 0 Å². The predicted octanol–water partition coefficient (Wildman–Crippen LogP) is 1.36. The number of nitrogens with zero attached hydrogens (tertiary/aromatic N) is 2. The number of carbonyl (C=O) groups excluding carboxylic acids is 1. The average molecular weight is 317 g/mol. The molecule has 1 saturated carbocycles. The lowest BCUT2D eigenvalue weighted by Gasteiger charge is -2.22. The maximum atomic E-state index is 11.9. The zero-order valence-corrected chi connectivity index (χ0v) is 13.0. The van der Waals surface area contributed by atoms with E-state index in [2.05, 4.69) is 20.6 Å². The zero-order valence-electron chi connectivity index (χ0n) is 13.0. The molecule has 0 unspecified atom stereocenters. The minimum absolute atomic E-state index is 0.0271. The van der Waals surface area contributed by atoms with E-state index in [1.165, 1.54) is 19.3 Å². The van der Waals surface area contributed by atoms with E-state index in [1.54, 1.807) is 24.3 Å². The Labute approximate surface area is 135 Å². The van der Waals surface area contributed by atoms with E-state index in [9.17, 15) is 4.79 Å². The summed E-state index contributed by atoms with van der Waals surface area (Å²) in [6.45, 7) is 0. The third kappa shape index (κ3) is 5.85. The monoisotopic (exact) mass is 317 g/mol. The molecule has 0 radical (unpaired) electrons. The SMILES string of the molecule is NC(N)=NC(N)=Nc1ccc(NC(=O)NC2CCCCC2)cc1. The number of rotatable bonds is 3. The van der Waals surface area contributed by atoms with Crippen LogP contribution in [-0.2, 0) is 0 Å². The molecule has 0 aromatic heterocycles. The van der Waals surface area contributed by atoms with Gasteiger partial charge in [0.25, 0.3) is 0 Å². The highest BCUT2D eigenvalue weighted by Crippen LogP contribution is 2.18. The van der Waals surface area contributed by atoms with Crippen LogP contribution in [0.1, 0.15) is 32.1 Å². The van der Waals surface area contributed by atoms with E-state index in [-0.39, 0.29) is 24.0 Å². The Hall–Kier alpha value is -2.77. The number of carbonyl (C=O) groups is 1. The Bertz CT molecular complexity index is 584. The first kappa shape index (κ1) is 16.6. The summed E-state index contributed by atoms with van der Waals surface area (Å²) in [6.07, 6.45) is 5.70. The van der Waals surface area contributed by atoms with Crippen molar-refractivity contribution in [3.8, 4) is 0 Å². The van der Waals surface area contributed by atoms with Gasteiger partial charge in [0, 0.05) is 11.7 Å². The van der Waals surface area contributed by atoms with Gasteiger partial charge in [0.15, 0.2) is 5.96 Å². The number of aliphatic imine (C=N–C) groups is 2. The lowest BCUT2D eigenvalue weighted by molar-refractivity contribution is 0.244. The molecule has 1 aliphatic rings. The molecule has 0 spiro atoms. The van der Waals surface area contributed by atoms with Gasteiger partial charge in [0.2, 0.25) is 5.96 Å². The Kier molecular flexibility index (Phi) is 5.79. The molecule has 23 heavy (non-hydrogen) atoms. The van der Waals surface area contributed by atoms with Gasteiger partial charge >= 0.3 is 6.03 Å². The molecule has 2 amide bonds. The number of urea groups is 1. The largest absolute Gasteiger partial charge is 0.370 e. The molecular formula is C15H23N7O. The zero-order chi connectivity index (χ0) is 16.7. The highest BCUT2D eigenvalue weighted by atomic mass is 16.2. The predicted molar refractivity (Wildman–Crippen MR) is 92.6 cm³/mol. The number of hydrogen-bond acceptors (Lipinski definition) is 2. The van der Waals surface area contributed by atoms with Crippen LogP contribution in [0.25, 0.3) is 0 Å². The van der Waals surface area contributed by atoms with Crippen LogP contribution in [0.4, 0.5) is 16.2 Å². The van der Waals surface area contributed by atoms with Gasteiger partial charge < -0.3 is 27.8 Å². The summed E-state index contributed by atoms with van der Waals surface area (Å²) >= 11 is 0. The van der Waals surface area contributed by atoms with Gasteiger partial charge in [-0.1, -0.05) is 19.3 Å². The summed E-state index contributed by atoms with van der Waals surface area (Å²) < 4.78 is 0. The Morgan fingerprint density at radius 2 is 1.70 bits per heavy atom. The second kappa shape index (κ2) is 8.02. The number of nitrogens with one attached hydrogen (secondary N) is 2. The number of amides is 2. The average Bonchev–Trinajstić information content (AvgIpc) is 2.49. The molecule has 8 N–H and O–H groups in total. The third-order valence-corrected chi connectivity index (χ3v) is 3.55. The van der Waals surface area contributed by atoms with Crippen molar-refractivity contribution >= 4 is 29.3 Å². The first-order valence-corrected chi connectivity index (χ1v) is 7.64. The van der Waals surface area contributed by atoms with Crippen LogP contribution in [0.15, 0.2) is 34.3 Å². The van der Waals surface area contributed by atoms with Gasteiger partial charge in [0.1, 0.15) is 0 Å². The molecule has 0 aliphatic heterocycles. The first-order chi connectivity index (χ1) is 11.0. The van der Waals surface area contributed by atoms with Gasteiger partial charge in [-0.25, -0.2) is 9.79 Å². The summed E-state index contributed by atoms with van der Waals surface area (Å²) in [5.74, 6) is -0.176. The van der Waals surface area contributed by atoms with E-state index in [4.69, 9.17) is 17.2 Å². The van der Waals surface area contributed by atoms with Crippen molar-refractivity contribution in [1.82, 2.24) is 5.32 Å². The highest BCUT2D eigenvalue weighted by Gasteiger charge is 2.15. The first-order valence-electron chi connectivity index (χ1n) is 7.64. The van der Waals surface area contributed by atoms with E-state index < -0.39 is 0 Å². The van der Waals surface area contributed by atoms with E-state index in [0.717, 1.165) is 12.8 Å². The third-order valence-electron chi connectivity index (χ3n) is 3.55. The number of nitrogens with two attached hydrogens (primary N) is 3. The molecule has 0 saturated heterocycles. The fraction of sp³-hybridized carbons (Fsp3) is 0.400. The van der Waals surface area contributed by atoms with Crippen LogP contribution in [0.2, 0.25) is 0 Å². The summed E-state index contributed by atoms with van der Waals surface area (Å²) in [4.78, 5) is 19.6. The molecule has 1 aliphatic carbocycles. The fourth-order valence-electron chi connectivity index (χ4n) is 2.51. The molecule has 0 atom stereocenters. The lowest BCUT2D eigenvalue weighted by Crippen LogP contribution is -2.38. The Morgan fingerprint density at radius 3 is 2.30 bits per heavy atom. The fourth-order valence-corrected chi connectivity index (χ4v) is 2.51. The van der Waals surface area contributed by atoms with Crippen molar-refractivity contribution in [2.45, 2.75) is 38.1 Å². The minimum Gasteiger partial charge on any atom is -0.370 e. The number of guanidine groups is 2. The van der Waals surface area contributed by atoms with E-state index in [0.29, 0.717) is 11.4 Å². The highest BCUT2D eigenvalue weighted by molar-refractivity contribution is 5.93. The quantitative estimate of drug-likeness (QED) is 0.423. The summed E-state index contributed by atoms with van der Waals surface area (Å²) in [7, 11) is 0. The Morgan fingerprint density at radius 1 is 1.04 bits per heavy atom. The summed E-state index contributed by atoms with van der Waals surface area (Å²) in [5, 5.41) is 5.80. The lowest BCUT2D eigenvalue weighted by atomic mass is 9.96. The maximum Gasteiger partial charge on any atom is 0.319 e. The molecule has 2 rings (SSSR count). The molecular weight excluding hydrogens is 294 g/mol.